The molecule has 1 rings (SSSR count). The average Bonchev–Trinajstić information content (AvgIpc) is 2.45. The molecule has 0 aromatic heterocycles. The van der Waals surface area contributed by atoms with Gasteiger partial charge in [-0.15, -0.1) is 0 Å². The van der Waals surface area contributed by atoms with Crippen LogP contribution in [-0.4, -0.2) is 63.7 Å². The van der Waals surface area contributed by atoms with Crippen LogP contribution in [0.5, 0.6) is 0 Å². The van der Waals surface area contributed by atoms with E-state index in [4.69, 9.17) is 0 Å². The molecule has 1 aromatic rings. The molecule has 6 heteroatoms. The van der Waals surface area contributed by atoms with Crippen molar-refractivity contribution in [3.05, 3.63) is 35.9 Å². The van der Waals surface area contributed by atoms with E-state index in [1.54, 1.807) is 30.3 Å². The maximum Gasteiger partial charge on any atom is 0.113 e. The Labute approximate surface area is 111 Å². The lowest BCUT2D eigenvalue weighted by Crippen LogP contribution is -2.48. The van der Waals surface area contributed by atoms with E-state index in [-0.39, 0.29) is 6.61 Å². The van der Waals surface area contributed by atoms with Crippen molar-refractivity contribution in [3.63, 3.8) is 0 Å². The third kappa shape index (κ3) is 4.24. The molecule has 0 saturated heterocycles. The minimum Gasteiger partial charge on any atom is -0.388 e. The predicted octanol–water partition coefficient (Wildman–Crippen LogP) is -1.19. The van der Waals surface area contributed by atoms with Gasteiger partial charge < -0.3 is 30.3 Å². The molecule has 0 aliphatic heterocycles. The Kier molecular flexibility index (Phi) is 6.36. The van der Waals surface area contributed by atoms with Gasteiger partial charge in [-0.2, -0.15) is 0 Å². The first-order valence-corrected chi connectivity index (χ1v) is 5.93. The SMILES string of the molecule is COCC(O)C(O)C(O)C(O)C(O)c1ccccc1. The van der Waals surface area contributed by atoms with Crippen molar-refractivity contribution in [1.29, 1.82) is 0 Å². The summed E-state index contributed by atoms with van der Waals surface area (Å²) in [4.78, 5) is 0. The van der Waals surface area contributed by atoms with E-state index >= 15 is 0 Å². The molecule has 0 fully saturated rings. The van der Waals surface area contributed by atoms with Gasteiger partial charge in [0.05, 0.1) is 6.61 Å². The predicted molar refractivity (Wildman–Crippen MR) is 67.3 cm³/mol. The fraction of sp³-hybridized carbons (Fsp3) is 0.538. The molecule has 0 aliphatic rings. The van der Waals surface area contributed by atoms with Gasteiger partial charge in [0, 0.05) is 7.11 Å². The Bertz CT molecular complexity index is 357. The molecule has 1 aromatic carbocycles. The zero-order valence-electron chi connectivity index (χ0n) is 10.6. The van der Waals surface area contributed by atoms with Crippen LogP contribution in [0.25, 0.3) is 0 Å². The first kappa shape index (κ1) is 16.0. The van der Waals surface area contributed by atoms with Crippen molar-refractivity contribution in [2.75, 3.05) is 13.7 Å². The highest BCUT2D eigenvalue weighted by Gasteiger charge is 2.34. The Morgan fingerprint density at radius 1 is 0.895 bits per heavy atom. The van der Waals surface area contributed by atoms with Crippen molar-refractivity contribution < 1.29 is 30.3 Å². The summed E-state index contributed by atoms with van der Waals surface area (Å²) < 4.78 is 4.63. The van der Waals surface area contributed by atoms with E-state index in [9.17, 15) is 25.5 Å². The summed E-state index contributed by atoms with van der Waals surface area (Å²) in [6, 6.07) is 8.26. The van der Waals surface area contributed by atoms with Gasteiger partial charge in [-0.25, -0.2) is 0 Å². The quantitative estimate of drug-likeness (QED) is 0.427. The minimum atomic E-state index is -1.69. The van der Waals surface area contributed by atoms with Crippen LogP contribution in [0, 0.1) is 0 Å². The second-order valence-corrected chi connectivity index (χ2v) is 4.35. The van der Waals surface area contributed by atoms with Gasteiger partial charge in [-0.1, -0.05) is 30.3 Å². The topological polar surface area (TPSA) is 110 Å². The summed E-state index contributed by atoms with van der Waals surface area (Å²) in [5, 5.41) is 48.5. The number of benzene rings is 1. The smallest absolute Gasteiger partial charge is 0.113 e. The van der Waals surface area contributed by atoms with Crippen LogP contribution in [0.15, 0.2) is 30.3 Å². The van der Waals surface area contributed by atoms with Crippen LogP contribution in [0.3, 0.4) is 0 Å². The van der Waals surface area contributed by atoms with Gasteiger partial charge in [0.1, 0.15) is 30.5 Å². The molecular weight excluding hydrogens is 252 g/mol. The van der Waals surface area contributed by atoms with Gasteiger partial charge >= 0.3 is 0 Å². The van der Waals surface area contributed by atoms with Crippen LogP contribution in [0.4, 0.5) is 0 Å². The molecule has 0 saturated carbocycles. The summed E-state index contributed by atoms with van der Waals surface area (Å²) in [5.41, 5.74) is 0.405. The lowest BCUT2D eigenvalue weighted by atomic mass is 9.95. The van der Waals surface area contributed by atoms with E-state index in [0.29, 0.717) is 5.56 Å². The molecule has 5 atom stereocenters. The largest absolute Gasteiger partial charge is 0.388 e. The van der Waals surface area contributed by atoms with Gasteiger partial charge in [0.25, 0.3) is 0 Å². The highest BCUT2D eigenvalue weighted by Crippen LogP contribution is 2.21. The molecule has 19 heavy (non-hydrogen) atoms. The van der Waals surface area contributed by atoms with E-state index in [1.807, 2.05) is 0 Å². The highest BCUT2D eigenvalue weighted by molar-refractivity contribution is 5.18. The van der Waals surface area contributed by atoms with Gasteiger partial charge in [-0.3, -0.25) is 0 Å². The standard InChI is InChI=1S/C13H20O6/c1-19-7-9(14)11(16)13(18)12(17)10(15)8-5-3-2-4-6-8/h2-6,9-18H,7H2,1H3. The lowest BCUT2D eigenvalue weighted by Gasteiger charge is -2.29. The number of ether oxygens (including phenoxy) is 1. The Morgan fingerprint density at radius 3 is 2.00 bits per heavy atom. The third-order valence-electron chi connectivity index (χ3n) is 2.90. The van der Waals surface area contributed by atoms with Gasteiger partial charge in [-0.05, 0) is 5.56 Å². The van der Waals surface area contributed by atoms with E-state index in [2.05, 4.69) is 4.74 Å². The number of aliphatic hydroxyl groups excluding tert-OH is 5. The third-order valence-corrected chi connectivity index (χ3v) is 2.90. The van der Waals surface area contributed by atoms with Crippen molar-refractivity contribution in [2.24, 2.45) is 0 Å². The number of methoxy groups -OCH3 is 1. The number of hydrogen-bond acceptors (Lipinski definition) is 6. The van der Waals surface area contributed by atoms with Crippen molar-refractivity contribution in [1.82, 2.24) is 0 Å². The molecular formula is C13H20O6. The Hall–Kier alpha value is -1.02. The second kappa shape index (κ2) is 7.54. The molecule has 0 bridgehead atoms. The van der Waals surface area contributed by atoms with Crippen LogP contribution in [0.2, 0.25) is 0 Å². The summed E-state index contributed by atoms with van der Waals surface area (Å²) in [6.07, 6.45) is -7.64. The van der Waals surface area contributed by atoms with E-state index in [0.717, 1.165) is 0 Å². The molecule has 5 unspecified atom stereocenters. The summed E-state index contributed by atoms with van der Waals surface area (Å²) >= 11 is 0. The fourth-order valence-corrected chi connectivity index (χ4v) is 1.73. The normalized spacial score (nSPS) is 19.5. The zero-order valence-corrected chi connectivity index (χ0v) is 10.6. The molecule has 0 amide bonds. The van der Waals surface area contributed by atoms with Crippen molar-refractivity contribution in [2.45, 2.75) is 30.5 Å². The molecule has 0 radical (unpaired) electrons. The first-order chi connectivity index (χ1) is 8.99. The molecule has 5 N–H and O–H groups in total. The van der Waals surface area contributed by atoms with Gasteiger partial charge in [0.15, 0.2) is 0 Å². The molecule has 108 valence electrons. The maximum atomic E-state index is 9.89. The molecule has 0 heterocycles. The maximum absolute atomic E-state index is 9.89. The summed E-state index contributed by atoms with van der Waals surface area (Å²) in [7, 11) is 1.33. The lowest BCUT2D eigenvalue weighted by molar-refractivity contribution is -0.143. The first-order valence-electron chi connectivity index (χ1n) is 5.93. The van der Waals surface area contributed by atoms with Crippen LogP contribution < -0.4 is 0 Å². The minimum absolute atomic E-state index is 0.188. The van der Waals surface area contributed by atoms with Crippen LogP contribution >= 0.6 is 0 Å². The van der Waals surface area contributed by atoms with Crippen LogP contribution in [0.1, 0.15) is 11.7 Å². The van der Waals surface area contributed by atoms with E-state index < -0.39 is 30.5 Å². The summed E-state index contributed by atoms with van der Waals surface area (Å²) in [5.74, 6) is 0. The Balaban J connectivity index is 2.68. The Morgan fingerprint density at radius 2 is 1.47 bits per heavy atom. The number of aliphatic hydroxyl groups is 5. The average molecular weight is 272 g/mol. The van der Waals surface area contributed by atoms with Gasteiger partial charge in [0.2, 0.25) is 0 Å². The summed E-state index contributed by atoms with van der Waals surface area (Å²) in [6.45, 7) is -0.188. The molecule has 0 spiro atoms. The van der Waals surface area contributed by atoms with Crippen molar-refractivity contribution >= 4 is 0 Å². The second-order valence-electron chi connectivity index (χ2n) is 4.35. The monoisotopic (exact) mass is 272 g/mol. The van der Waals surface area contributed by atoms with Crippen molar-refractivity contribution in [3.8, 4) is 0 Å². The number of rotatable bonds is 7. The van der Waals surface area contributed by atoms with Crippen LogP contribution in [-0.2, 0) is 4.74 Å². The molecule has 6 nitrogen and oxygen atoms in total. The van der Waals surface area contributed by atoms with E-state index in [1.165, 1.54) is 7.11 Å². The zero-order chi connectivity index (χ0) is 14.4. The molecule has 0 aliphatic carbocycles. The highest BCUT2D eigenvalue weighted by atomic mass is 16.5. The number of hydrogen-bond donors (Lipinski definition) is 5. The fourth-order valence-electron chi connectivity index (χ4n) is 1.73.